The van der Waals surface area contributed by atoms with Crippen LogP contribution >= 0.6 is 0 Å². The average Bonchev–Trinajstić information content (AvgIpc) is 3.08. The molecule has 6 aromatic rings. The summed E-state index contributed by atoms with van der Waals surface area (Å²) in [4.78, 5) is 4.43. The summed E-state index contributed by atoms with van der Waals surface area (Å²) in [5.74, 6) is 0. The topological polar surface area (TPSA) is 6.48 Å². The molecule has 222 valence electrons. The molecule has 2 heteroatoms. The molecule has 0 radical (unpaired) electrons. The molecule has 0 saturated heterocycles. The maximum atomic E-state index is 4.39. The van der Waals surface area contributed by atoms with E-state index < -0.39 is 0 Å². The molecule has 0 unspecified atom stereocenters. The molecule has 0 heterocycles. The molecule has 0 aliphatic heterocycles. The highest BCUT2D eigenvalue weighted by Gasteiger charge is 2.12. The molecule has 0 saturated carbocycles. The number of anilines is 2. The molecular weight excluding hydrogens is 544 g/mol. The molecule has 0 aromatic heterocycles. The third-order valence-electron chi connectivity index (χ3n) is 8.90. The van der Waals surface area contributed by atoms with Gasteiger partial charge in [0.25, 0.3) is 0 Å². The minimum atomic E-state index is 0.980. The van der Waals surface area contributed by atoms with Gasteiger partial charge in [-0.05, 0) is 100 Å². The Balaban J connectivity index is 1.23. The van der Waals surface area contributed by atoms with Crippen LogP contribution < -0.4 is 9.80 Å². The predicted octanol–water partition coefficient (Wildman–Crippen LogP) is 11.4. The van der Waals surface area contributed by atoms with E-state index in [9.17, 15) is 0 Å². The SMILES string of the molecule is C=C(c1ccc(-c2ccc3ccc(-c4ccc(/C(=C\C)N(C)c5ccccc5C)cc4)cc3c2)cc1)N(C)c1ccccc1C. The standard InChI is InChI=1S/C43H40N2/c1-7-41(45(6)43-15-11-9-13-31(43)3)37-24-20-35(21-25-37)39-27-23-36-22-26-38(28-40(36)29-39)34-18-16-33(17-19-34)32(4)44(5)42-14-10-8-12-30(42)2/h7-29H,4H2,1-3,5-6H3/b41-7+. The van der Waals surface area contributed by atoms with E-state index in [0.717, 1.165) is 11.3 Å². The number of benzene rings is 6. The number of fused-ring (bicyclic) bond motifs is 1. The quantitative estimate of drug-likeness (QED) is 0.176. The molecule has 6 rings (SSSR count). The van der Waals surface area contributed by atoms with Gasteiger partial charge in [0.05, 0.1) is 0 Å². The Hall–Kier alpha value is -5.34. The van der Waals surface area contributed by atoms with Crippen molar-refractivity contribution in [2.24, 2.45) is 0 Å². The zero-order chi connectivity index (χ0) is 31.5. The molecule has 45 heavy (non-hydrogen) atoms. The van der Waals surface area contributed by atoms with Gasteiger partial charge in [0.2, 0.25) is 0 Å². The van der Waals surface area contributed by atoms with E-state index in [1.54, 1.807) is 0 Å². The van der Waals surface area contributed by atoms with E-state index in [1.807, 2.05) is 0 Å². The smallest absolute Gasteiger partial charge is 0.0438 e. The zero-order valence-corrected chi connectivity index (χ0v) is 26.9. The van der Waals surface area contributed by atoms with Crippen molar-refractivity contribution < 1.29 is 0 Å². The molecule has 0 fully saturated rings. The van der Waals surface area contributed by atoms with Gasteiger partial charge in [-0.2, -0.15) is 0 Å². The zero-order valence-electron chi connectivity index (χ0n) is 26.9. The number of para-hydroxylation sites is 2. The second-order valence-electron chi connectivity index (χ2n) is 11.7. The lowest BCUT2D eigenvalue weighted by atomic mass is 9.96. The monoisotopic (exact) mass is 584 g/mol. The fourth-order valence-corrected chi connectivity index (χ4v) is 6.20. The maximum absolute atomic E-state index is 4.39. The van der Waals surface area contributed by atoms with Gasteiger partial charge in [0.15, 0.2) is 0 Å². The van der Waals surface area contributed by atoms with Gasteiger partial charge in [-0.3, -0.25) is 0 Å². The molecule has 0 spiro atoms. The van der Waals surface area contributed by atoms with Gasteiger partial charge >= 0.3 is 0 Å². The largest absolute Gasteiger partial charge is 0.344 e. The second kappa shape index (κ2) is 12.7. The van der Waals surface area contributed by atoms with E-state index in [4.69, 9.17) is 0 Å². The molecule has 0 N–H and O–H groups in total. The molecule has 6 aromatic carbocycles. The summed E-state index contributed by atoms with van der Waals surface area (Å²) in [7, 11) is 4.22. The van der Waals surface area contributed by atoms with Crippen LogP contribution in [0.4, 0.5) is 11.4 Å². The van der Waals surface area contributed by atoms with Crippen molar-refractivity contribution in [2.75, 3.05) is 23.9 Å². The summed E-state index contributed by atoms with van der Waals surface area (Å²) in [6, 6.07) is 48.1. The summed E-state index contributed by atoms with van der Waals surface area (Å²) in [5, 5.41) is 2.47. The van der Waals surface area contributed by atoms with Gasteiger partial charge in [-0.1, -0.05) is 122 Å². The Bertz CT molecular complexity index is 2010. The molecule has 0 bridgehead atoms. The average molecular weight is 585 g/mol. The van der Waals surface area contributed by atoms with Crippen molar-refractivity contribution in [3.8, 4) is 22.3 Å². The van der Waals surface area contributed by atoms with Gasteiger partial charge in [0.1, 0.15) is 0 Å². The molecule has 0 atom stereocenters. The van der Waals surface area contributed by atoms with Crippen molar-refractivity contribution in [1.82, 2.24) is 0 Å². The third-order valence-corrected chi connectivity index (χ3v) is 8.90. The number of nitrogens with zero attached hydrogens (tertiary/aromatic N) is 2. The minimum Gasteiger partial charge on any atom is -0.344 e. The second-order valence-corrected chi connectivity index (χ2v) is 11.7. The summed E-state index contributed by atoms with van der Waals surface area (Å²) in [6.45, 7) is 10.8. The van der Waals surface area contributed by atoms with Crippen LogP contribution in [0.5, 0.6) is 0 Å². The summed E-state index contributed by atoms with van der Waals surface area (Å²) >= 11 is 0. The van der Waals surface area contributed by atoms with Crippen LogP contribution in [-0.4, -0.2) is 14.1 Å². The van der Waals surface area contributed by atoms with Crippen molar-refractivity contribution >= 4 is 33.5 Å². The summed E-state index contributed by atoms with van der Waals surface area (Å²) < 4.78 is 0. The van der Waals surface area contributed by atoms with Gasteiger partial charge in [-0.15, -0.1) is 0 Å². The van der Waals surface area contributed by atoms with Crippen LogP contribution in [-0.2, 0) is 0 Å². The number of aryl methyl sites for hydroxylation is 2. The molecule has 2 nitrogen and oxygen atoms in total. The van der Waals surface area contributed by atoms with Crippen molar-refractivity contribution in [2.45, 2.75) is 20.8 Å². The van der Waals surface area contributed by atoms with E-state index in [2.05, 4.69) is 191 Å². The van der Waals surface area contributed by atoms with E-state index in [-0.39, 0.29) is 0 Å². The fraction of sp³-hybridized carbons (Fsp3) is 0.116. The van der Waals surface area contributed by atoms with Crippen molar-refractivity contribution in [1.29, 1.82) is 0 Å². The van der Waals surface area contributed by atoms with Gasteiger partial charge < -0.3 is 9.80 Å². The van der Waals surface area contributed by atoms with E-state index in [0.29, 0.717) is 0 Å². The summed E-state index contributed by atoms with van der Waals surface area (Å²) in [5.41, 5.74) is 14.2. The van der Waals surface area contributed by atoms with Crippen LogP contribution in [0, 0.1) is 13.8 Å². The van der Waals surface area contributed by atoms with Crippen LogP contribution in [0.15, 0.2) is 146 Å². The molecule has 0 amide bonds. The van der Waals surface area contributed by atoms with E-state index in [1.165, 1.54) is 66.8 Å². The number of rotatable bonds is 8. The third kappa shape index (κ3) is 6.05. The predicted molar refractivity (Wildman–Crippen MR) is 197 cm³/mol. The number of allylic oxidation sites excluding steroid dienone is 1. The van der Waals surface area contributed by atoms with Crippen LogP contribution in [0.3, 0.4) is 0 Å². The van der Waals surface area contributed by atoms with Crippen LogP contribution in [0.2, 0.25) is 0 Å². The maximum Gasteiger partial charge on any atom is 0.0438 e. The minimum absolute atomic E-state index is 0.980. The first-order valence-electron chi connectivity index (χ1n) is 15.5. The first-order valence-corrected chi connectivity index (χ1v) is 15.5. The first-order chi connectivity index (χ1) is 21.8. The number of hydrogen-bond donors (Lipinski definition) is 0. The highest BCUT2D eigenvalue weighted by atomic mass is 15.1. The Kier molecular flexibility index (Phi) is 8.40. The van der Waals surface area contributed by atoms with Gasteiger partial charge in [0, 0.05) is 36.9 Å². The highest BCUT2D eigenvalue weighted by molar-refractivity contribution is 5.91. The molecular formula is C43H40N2. The Morgan fingerprint density at radius 2 is 0.956 bits per heavy atom. The van der Waals surface area contributed by atoms with Gasteiger partial charge in [-0.25, -0.2) is 0 Å². The highest BCUT2D eigenvalue weighted by Crippen LogP contribution is 2.33. The lowest BCUT2D eigenvalue weighted by Gasteiger charge is -2.25. The Morgan fingerprint density at radius 1 is 0.511 bits per heavy atom. The van der Waals surface area contributed by atoms with Crippen LogP contribution in [0.1, 0.15) is 29.2 Å². The summed E-state index contributed by atoms with van der Waals surface area (Å²) in [6.07, 6.45) is 2.18. The first kappa shape index (κ1) is 29.7. The van der Waals surface area contributed by atoms with Crippen LogP contribution in [0.25, 0.3) is 44.4 Å². The van der Waals surface area contributed by atoms with Crippen molar-refractivity contribution in [3.63, 3.8) is 0 Å². The fourth-order valence-electron chi connectivity index (χ4n) is 6.20. The molecule has 0 aliphatic carbocycles. The number of hydrogen-bond acceptors (Lipinski definition) is 2. The molecule has 0 aliphatic rings. The van der Waals surface area contributed by atoms with E-state index >= 15 is 0 Å². The normalized spacial score (nSPS) is 11.4. The Morgan fingerprint density at radius 3 is 1.44 bits per heavy atom. The lowest BCUT2D eigenvalue weighted by Crippen LogP contribution is -2.16. The Labute approximate surface area is 268 Å². The lowest BCUT2D eigenvalue weighted by molar-refractivity contribution is 1.19. The van der Waals surface area contributed by atoms with Crippen molar-refractivity contribution in [3.05, 3.63) is 168 Å².